The first-order valence-corrected chi connectivity index (χ1v) is 6.49. The van der Waals surface area contributed by atoms with Crippen LogP contribution in [-0.2, 0) is 0 Å². The Morgan fingerprint density at radius 3 is 2.82 bits per heavy atom. The van der Waals surface area contributed by atoms with Gasteiger partial charge in [-0.2, -0.15) is 0 Å². The van der Waals surface area contributed by atoms with Crippen LogP contribution in [0.1, 0.15) is 29.9 Å². The summed E-state index contributed by atoms with van der Waals surface area (Å²) in [5.74, 6) is 0.822. The maximum atomic E-state index is 11.9. The molecule has 1 heterocycles. The largest absolute Gasteiger partial charge is 0.495 e. The molecule has 2 N–H and O–H groups in total. The molecule has 0 fully saturated rings. The lowest BCUT2D eigenvalue weighted by Crippen LogP contribution is -2.38. The third-order valence-corrected chi connectivity index (χ3v) is 3.26. The zero-order valence-electron chi connectivity index (χ0n) is 10.4. The second kappa shape index (κ2) is 6.61. The molecule has 1 unspecified atom stereocenters. The van der Waals surface area contributed by atoms with Crippen molar-refractivity contribution in [1.82, 2.24) is 5.32 Å². The number of aliphatic hydroxyl groups is 1. The lowest BCUT2D eigenvalue weighted by Gasteiger charge is -2.18. The van der Waals surface area contributed by atoms with E-state index in [-0.39, 0.29) is 18.6 Å². The molecule has 5 heteroatoms. The van der Waals surface area contributed by atoms with E-state index in [2.05, 4.69) is 19.2 Å². The summed E-state index contributed by atoms with van der Waals surface area (Å²) in [6.45, 7) is 4.07. The first kappa shape index (κ1) is 14.0. The Morgan fingerprint density at radius 1 is 1.59 bits per heavy atom. The van der Waals surface area contributed by atoms with Crippen LogP contribution < -0.4 is 10.1 Å². The number of methoxy groups -OCH3 is 1. The van der Waals surface area contributed by atoms with Crippen LogP contribution in [-0.4, -0.2) is 30.8 Å². The summed E-state index contributed by atoms with van der Waals surface area (Å²) in [5, 5.41) is 13.8. The molecule has 0 aliphatic rings. The van der Waals surface area contributed by atoms with Crippen molar-refractivity contribution in [3.8, 4) is 5.75 Å². The van der Waals surface area contributed by atoms with Gasteiger partial charge in [-0.1, -0.05) is 13.8 Å². The second-order valence-electron chi connectivity index (χ2n) is 4.30. The number of aliphatic hydroxyl groups excluding tert-OH is 1. The first-order valence-electron chi connectivity index (χ1n) is 5.61. The number of carbonyl (C=O) groups is 1. The summed E-state index contributed by atoms with van der Waals surface area (Å²) in [6, 6.07) is 1.56. The quantitative estimate of drug-likeness (QED) is 0.818. The van der Waals surface area contributed by atoms with Gasteiger partial charge in [-0.25, -0.2) is 0 Å². The lowest BCUT2D eigenvalue weighted by atomic mass is 10.0. The Kier molecular flexibility index (Phi) is 5.44. The zero-order valence-corrected chi connectivity index (χ0v) is 11.2. The van der Waals surface area contributed by atoms with E-state index >= 15 is 0 Å². The Morgan fingerprint density at radius 2 is 2.29 bits per heavy atom. The minimum absolute atomic E-state index is 0.0440. The van der Waals surface area contributed by atoms with Crippen molar-refractivity contribution < 1.29 is 14.6 Å². The van der Waals surface area contributed by atoms with Crippen molar-refractivity contribution in [2.24, 2.45) is 5.92 Å². The highest BCUT2D eigenvalue weighted by Crippen LogP contribution is 2.24. The predicted molar refractivity (Wildman–Crippen MR) is 68.7 cm³/mol. The number of rotatable bonds is 6. The fourth-order valence-electron chi connectivity index (χ4n) is 1.62. The number of carbonyl (C=O) groups excluding carboxylic acids is 1. The molecule has 1 aromatic heterocycles. The van der Waals surface area contributed by atoms with Crippen LogP contribution in [0.4, 0.5) is 0 Å². The number of hydrogen-bond acceptors (Lipinski definition) is 4. The summed E-state index contributed by atoms with van der Waals surface area (Å²) in [7, 11) is 1.54. The van der Waals surface area contributed by atoms with Crippen LogP contribution in [0.25, 0.3) is 0 Å². The maximum absolute atomic E-state index is 11.9. The van der Waals surface area contributed by atoms with E-state index < -0.39 is 0 Å². The number of hydrogen-bond donors (Lipinski definition) is 2. The van der Waals surface area contributed by atoms with Gasteiger partial charge < -0.3 is 15.2 Å². The number of ether oxygens (including phenoxy) is 1. The minimum atomic E-state index is -0.200. The molecule has 1 amide bonds. The minimum Gasteiger partial charge on any atom is -0.495 e. The van der Waals surface area contributed by atoms with Crippen molar-refractivity contribution in [2.75, 3.05) is 13.7 Å². The third kappa shape index (κ3) is 4.02. The summed E-state index contributed by atoms with van der Waals surface area (Å²) in [6.07, 6.45) is 0.760. The average molecular weight is 257 g/mol. The van der Waals surface area contributed by atoms with E-state index in [4.69, 9.17) is 4.74 Å². The number of thiophene rings is 1. The molecule has 0 spiro atoms. The molecular weight excluding hydrogens is 238 g/mol. The smallest absolute Gasteiger partial charge is 0.265 e. The average Bonchev–Trinajstić information content (AvgIpc) is 2.75. The van der Waals surface area contributed by atoms with Gasteiger partial charge in [0.1, 0.15) is 10.6 Å². The van der Waals surface area contributed by atoms with Crippen LogP contribution >= 0.6 is 11.3 Å². The van der Waals surface area contributed by atoms with Gasteiger partial charge in [-0.05, 0) is 23.8 Å². The molecule has 0 radical (unpaired) electrons. The monoisotopic (exact) mass is 257 g/mol. The maximum Gasteiger partial charge on any atom is 0.265 e. The van der Waals surface area contributed by atoms with E-state index in [1.807, 2.05) is 5.38 Å². The molecule has 1 atom stereocenters. The molecule has 0 bridgehead atoms. The van der Waals surface area contributed by atoms with E-state index in [0.717, 1.165) is 6.42 Å². The Labute approximate surface area is 106 Å². The molecule has 0 aliphatic carbocycles. The molecule has 0 saturated heterocycles. The van der Waals surface area contributed by atoms with E-state index in [1.54, 1.807) is 6.07 Å². The van der Waals surface area contributed by atoms with Gasteiger partial charge in [0.05, 0.1) is 19.8 Å². The van der Waals surface area contributed by atoms with Crippen molar-refractivity contribution in [3.05, 3.63) is 16.3 Å². The standard InChI is InChI=1S/C12H19NO3S/c1-8(2)6-9(7-14)13-12(15)11-10(16-3)4-5-17-11/h4-5,8-9,14H,6-7H2,1-3H3,(H,13,15). The molecule has 0 aromatic carbocycles. The lowest BCUT2D eigenvalue weighted by molar-refractivity contribution is 0.0910. The summed E-state index contributed by atoms with van der Waals surface area (Å²) in [4.78, 5) is 12.5. The molecule has 0 aliphatic heterocycles. The SMILES string of the molecule is COc1ccsc1C(=O)NC(CO)CC(C)C. The second-order valence-corrected chi connectivity index (χ2v) is 5.22. The molecule has 1 rings (SSSR count). The Hall–Kier alpha value is -1.07. The summed E-state index contributed by atoms with van der Waals surface area (Å²) >= 11 is 1.33. The van der Waals surface area contributed by atoms with E-state index in [0.29, 0.717) is 16.5 Å². The van der Waals surface area contributed by atoms with Gasteiger partial charge in [0.15, 0.2) is 0 Å². The van der Waals surface area contributed by atoms with Crippen molar-refractivity contribution in [1.29, 1.82) is 0 Å². The van der Waals surface area contributed by atoms with Gasteiger partial charge in [0.2, 0.25) is 0 Å². The summed E-state index contributed by atoms with van der Waals surface area (Å²) < 4.78 is 5.09. The molecule has 4 nitrogen and oxygen atoms in total. The summed E-state index contributed by atoms with van der Waals surface area (Å²) in [5.41, 5.74) is 0. The highest BCUT2D eigenvalue weighted by molar-refractivity contribution is 7.12. The normalized spacial score (nSPS) is 12.5. The van der Waals surface area contributed by atoms with E-state index in [9.17, 15) is 9.90 Å². The van der Waals surface area contributed by atoms with Crippen LogP contribution in [0, 0.1) is 5.92 Å². The fourth-order valence-corrected chi connectivity index (χ4v) is 2.38. The van der Waals surface area contributed by atoms with E-state index in [1.165, 1.54) is 18.4 Å². The molecule has 1 aromatic rings. The van der Waals surface area contributed by atoms with Crippen molar-refractivity contribution in [2.45, 2.75) is 26.3 Å². The molecular formula is C12H19NO3S. The topological polar surface area (TPSA) is 58.6 Å². The van der Waals surface area contributed by atoms with Crippen LogP contribution in [0.5, 0.6) is 5.75 Å². The van der Waals surface area contributed by atoms with Gasteiger partial charge in [0.25, 0.3) is 5.91 Å². The van der Waals surface area contributed by atoms with Crippen molar-refractivity contribution in [3.63, 3.8) is 0 Å². The highest BCUT2D eigenvalue weighted by atomic mass is 32.1. The van der Waals surface area contributed by atoms with Crippen LogP contribution in [0.3, 0.4) is 0 Å². The first-order chi connectivity index (χ1) is 8.08. The van der Waals surface area contributed by atoms with Gasteiger partial charge in [0, 0.05) is 0 Å². The van der Waals surface area contributed by atoms with Gasteiger partial charge in [-0.3, -0.25) is 4.79 Å². The number of nitrogens with one attached hydrogen (secondary N) is 1. The highest BCUT2D eigenvalue weighted by Gasteiger charge is 2.18. The van der Waals surface area contributed by atoms with Gasteiger partial charge in [-0.15, -0.1) is 11.3 Å². The van der Waals surface area contributed by atoms with Crippen LogP contribution in [0.15, 0.2) is 11.4 Å². The molecule has 96 valence electrons. The molecule has 17 heavy (non-hydrogen) atoms. The van der Waals surface area contributed by atoms with Crippen LogP contribution in [0.2, 0.25) is 0 Å². The zero-order chi connectivity index (χ0) is 12.8. The van der Waals surface area contributed by atoms with Crippen molar-refractivity contribution >= 4 is 17.2 Å². The Bertz CT molecular complexity index is 362. The third-order valence-electron chi connectivity index (χ3n) is 2.37. The van der Waals surface area contributed by atoms with Gasteiger partial charge >= 0.3 is 0 Å². The fraction of sp³-hybridized carbons (Fsp3) is 0.583. The molecule has 0 saturated carbocycles. The Balaban J connectivity index is 2.64. The number of amides is 1. The predicted octanol–water partition coefficient (Wildman–Crippen LogP) is 1.89.